The Morgan fingerprint density at radius 1 is 1.03 bits per heavy atom. The zero-order valence-corrected chi connectivity index (χ0v) is 19.3. The molecule has 3 rings (SSSR count). The summed E-state index contributed by atoms with van der Waals surface area (Å²) in [7, 11) is 1.62. The molecule has 0 aliphatic heterocycles. The van der Waals surface area contributed by atoms with Gasteiger partial charge in [0.05, 0.1) is 22.3 Å². The number of aromatic nitrogens is 1. The van der Waals surface area contributed by atoms with Crippen LogP contribution in [0, 0.1) is 0 Å². The number of rotatable bonds is 7. The molecule has 0 saturated heterocycles. The second-order valence-corrected chi connectivity index (χ2v) is 10.2. The number of ether oxygens (including phenoxy) is 1. The molecule has 164 valence electrons. The lowest BCUT2D eigenvalue weighted by molar-refractivity contribution is 0.0600. The summed E-state index contributed by atoms with van der Waals surface area (Å²) in [6.45, 7) is 0.944. The minimum absolute atomic E-state index is 0.134. The van der Waals surface area contributed by atoms with Crippen LogP contribution >= 0.6 is 11.3 Å². The number of amides is 1. The van der Waals surface area contributed by atoms with Crippen molar-refractivity contribution in [1.29, 1.82) is 0 Å². The van der Waals surface area contributed by atoms with Gasteiger partial charge < -0.3 is 9.64 Å². The first kappa shape index (κ1) is 22.9. The monoisotopic (exact) mass is 461 g/mol. The van der Waals surface area contributed by atoms with Crippen molar-refractivity contribution in [3.8, 4) is 0 Å². The minimum atomic E-state index is -3.47. The molecular weight excluding hydrogens is 438 g/mol. The molecule has 0 bridgehead atoms. The molecule has 0 aliphatic rings. The number of benzene rings is 2. The molecule has 0 spiro atoms. The molecule has 0 N–H and O–H groups in total. The molecule has 1 aromatic heterocycles. The first-order chi connectivity index (χ1) is 14.6. The Labute approximate surface area is 185 Å². The molecule has 31 heavy (non-hydrogen) atoms. The highest BCUT2D eigenvalue weighted by Gasteiger charge is 2.24. The summed E-state index contributed by atoms with van der Waals surface area (Å²) in [4.78, 5) is 33.1. The van der Waals surface area contributed by atoms with Crippen LogP contribution in [-0.4, -0.2) is 70.7 Å². The van der Waals surface area contributed by atoms with Gasteiger partial charge in [-0.05, 0) is 50.5 Å². The predicted molar refractivity (Wildman–Crippen MR) is 121 cm³/mol. The van der Waals surface area contributed by atoms with E-state index in [9.17, 15) is 18.0 Å². The summed E-state index contributed by atoms with van der Waals surface area (Å²) >= 11 is 1.26. The van der Waals surface area contributed by atoms with Gasteiger partial charge in [0.25, 0.3) is 5.91 Å². The van der Waals surface area contributed by atoms with Crippen LogP contribution in [0.3, 0.4) is 0 Å². The summed E-state index contributed by atoms with van der Waals surface area (Å²) < 4.78 is 29.7. The number of fused-ring (bicyclic) bond motifs is 1. The fourth-order valence-corrected chi connectivity index (χ4v) is 4.85. The summed E-state index contributed by atoms with van der Waals surface area (Å²) in [6.07, 6.45) is 1.14. The van der Waals surface area contributed by atoms with E-state index in [1.165, 1.54) is 41.5 Å². The first-order valence-corrected chi connectivity index (χ1v) is 12.1. The van der Waals surface area contributed by atoms with Crippen molar-refractivity contribution >= 4 is 48.4 Å². The minimum Gasteiger partial charge on any atom is -0.465 e. The standard InChI is InChI=1S/C21H23N3O5S2/c1-23(2)12-13-24(19(25)14-8-10-15(11-9-14)20(26)29-3)21-22-18-16(30-21)6-5-7-17(18)31(4,27)28/h5-11H,12-13H2,1-4H3. The van der Waals surface area contributed by atoms with Gasteiger partial charge in [-0.15, -0.1) is 0 Å². The summed E-state index contributed by atoms with van der Waals surface area (Å²) in [5.41, 5.74) is 1.08. The van der Waals surface area contributed by atoms with Gasteiger partial charge in [-0.3, -0.25) is 9.69 Å². The zero-order valence-electron chi connectivity index (χ0n) is 17.7. The van der Waals surface area contributed by atoms with Crippen LogP contribution in [0.1, 0.15) is 20.7 Å². The van der Waals surface area contributed by atoms with Crippen LogP contribution < -0.4 is 4.90 Å². The highest BCUT2D eigenvalue weighted by Crippen LogP contribution is 2.33. The van der Waals surface area contributed by atoms with Gasteiger partial charge in [0.2, 0.25) is 0 Å². The highest BCUT2D eigenvalue weighted by molar-refractivity contribution is 7.91. The molecule has 8 nitrogen and oxygen atoms in total. The number of nitrogens with zero attached hydrogens (tertiary/aromatic N) is 3. The van der Waals surface area contributed by atoms with Crippen molar-refractivity contribution in [2.75, 3.05) is 45.5 Å². The molecule has 3 aromatic rings. The summed E-state index contributed by atoms with van der Waals surface area (Å²) in [5, 5.41) is 0.412. The van der Waals surface area contributed by atoms with Crippen molar-refractivity contribution in [2.45, 2.75) is 4.90 Å². The van der Waals surface area contributed by atoms with Crippen molar-refractivity contribution in [3.63, 3.8) is 0 Å². The first-order valence-electron chi connectivity index (χ1n) is 9.36. The normalized spacial score (nSPS) is 11.6. The van der Waals surface area contributed by atoms with Crippen molar-refractivity contribution in [1.82, 2.24) is 9.88 Å². The van der Waals surface area contributed by atoms with Gasteiger partial charge in [0.15, 0.2) is 15.0 Å². The molecule has 0 atom stereocenters. The SMILES string of the molecule is COC(=O)c1ccc(C(=O)N(CCN(C)C)c2nc3c(S(C)(=O)=O)cccc3s2)cc1. The fourth-order valence-electron chi connectivity index (χ4n) is 2.93. The molecule has 0 unspecified atom stereocenters. The van der Waals surface area contributed by atoms with Gasteiger partial charge in [-0.1, -0.05) is 17.4 Å². The Hall–Kier alpha value is -2.82. The lowest BCUT2D eigenvalue weighted by Gasteiger charge is -2.22. The van der Waals surface area contributed by atoms with Crippen molar-refractivity contribution < 1.29 is 22.7 Å². The van der Waals surface area contributed by atoms with E-state index in [4.69, 9.17) is 4.74 Å². The van der Waals surface area contributed by atoms with Crippen LogP contribution in [0.25, 0.3) is 10.2 Å². The molecule has 10 heteroatoms. The maximum atomic E-state index is 13.3. The Morgan fingerprint density at radius 2 is 1.68 bits per heavy atom. The maximum absolute atomic E-state index is 13.3. The van der Waals surface area contributed by atoms with Crippen LogP contribution in [0.15, 0.2) is 47.4 Å². The van der Waals surface area contributed by atoms with E-state index in [0.717, 1.165) is 6.26 Å². The average molecular weight is 462 g/mol. The van der Waals surface area contributed by atoms with Crippen LogP contribution in [0.5, 0.6) is 0 Å². The molecular formula is C21H23N3O5S2. The highest BCUT2D eigenvalue weighted by atomic mass is 32.2. The molecule has 1 heterocycles. The fraction of sp³-hybridized carbons (Fsp3) is 0.286. The molecule has 0 fully saturated rings. The van der Waals surface area contributed by atoms with Crippen LogP contribution in [0.2, 0.25) is 0 Å². The van der Waals surface area contributed by atoms with E-state index in [-0.39, 0.29) is 10.8 Å². The Kier molecular flexibility index (Phi) is 6.73. The number of esters is 1. The third-order valence-electron chi connectivity index (χ3n) is 4.57. The topological polar surface area (TPSA) is 96.9 Å². The smallest absolute Gasteiger partial charge is 0.337 e. The molecule has 0 saturated carbocycles. The second kappa shape index (κ2) is 9.13. The largest absolute Gasteiger partial charge is 0.465 e. The molecule has 2 aromatic carbocycles. The van der Waals surface area contributed by atoms with E-state index in [1.807, 2.05) is 19.0 Å². The summed E-state index contributed by atoms with van der Waals surface area (Å²) in [5.74, 6) is -0.777. The number of likely N-dealkylation sites (N-methyl/N-ethyl adjacent to an activating group) is 1. The van der Waals surface area contributed by atoms with Gasteiger partial charge in [-0.2, -0.15) is 0 Å². The van der Waals surface area contributed by atoms with Gasteiger partial charge in [-0.25, -0.2) is 18.2 Å². The molecule has 0 radical (unpaired) electrons. The van der Waals surface area contributed by atoms with E-state index in [2.05, 4.69) is 4.98 Å². The number of carbonyl (C=O) groups is 2. The predicted octanol–water partition coefficient (Wildman–Crippen LogP) is 2.69. The van der Waals surface area contributed by atoms with E-state index in [0.29, 0.717) is 39.6 Å². The second-order valence-electron chi connectivity index (χ2n) is 7.20. The van der Waals surface area contributed by atoms with Crippen molar-refractivity contribution in [2.24, 2.45) is 0 Å². The van der Waals surface area contributed by atoms with E-state index < -0.39 is 15.8 Å². The van der Waals surface area contributed by atoms with E-state index >= 15 is 0 Å². The third kappa shape index (κ3) is 5.09. The van der Waals surface area contributed by atoms with Crippen molar-refractivity contribution in [3.05, 3.63) is 53.6 Å². The molecule has 1 amide bonds. The Morgan fingerprint density at radius 3 is 2.26 bits per heavy atom. The van der Waals surface area contributed by atoms with Crippen LogP contribution in [-0.2, 0) is 14.6 Å². The van der Waals surface area contributed by atoms with Gasteiger partial charge in [0.1, 0.15) is 5.52 Å². The van der Waals surface area contributed by atoms with E-state index in [1.54, 1.807) is 24.3 Å². The lowest BCUT2D eigenvalue weighted by atomic mass is 10.1. The number of methoxy groups -OCH3 is 1. The lowest BCUT2D eigenvalue weighted by Crippen LogP contribution is -2.36. The number of thiazole rings is 1. The number of hydrogen-bond acceptors (Lipinski definition) is 8. The van der Waals surface area contributed by atoms with Gasteiger partial charge in [0, 0.05) is 24.9 Å². The zero-order chi connectivity index (χ0) is 22.8. The summed E-state index contributed by atoms with van der Waals surface area (Å²) in [6, 6.07) is 11.1. The number of carbonyl (C=O) groups excluding carboxylic acids is 2. The number of hydrogen-bond donors (Lipinski definition) is 0. The number of sulfone groups is 1. The number of para-hydroxylation sites is 1. The molecule has 0 aliphatic carbocycles. The quantitative estimate of drug-likeness (QED) is 0.499. The maximum Gasteiger partial charge on any atom is 0.337 e. The Balaban J connectivity index is 2.03. The third-order valence-corrected chi connectivity index (χ3v) is 6.74. The Bertz CT molecular complexity index is 1220. The number of anilines is 1. The van der Waals surface area contributed by atoms with Crippen LogP contribution in [0.4, 0.5) is 5.13 Å². The van der Waals surface area contributed by atoms with Gasteiger partial charge >= 0.3 is 5.97 Å². The average Bonchev–Trinajstić information content (AvgIpc) is 3.16.